The van der Waals surface area contributed by atoms with E-state index in [0.29, 0.717) is 39.0 Å². The molecule has 134 valence electrons. The highest BCUT2D eigenvalue weighted by molar-refractivity contribution is 7.89. The van der Waals surface area contributed by atoms with Crippen LogP contribution in [-0.2, 0) is 14.8 Å². The Hall–Kier alpha value is -1.60. The molecule has 0 aliphatic carbocycles. The molecule has 2 rings (SSSR count). The van der Waals surface area contributed by atoms with Gasteiger partial charge in [-0.05, 0) is 50.5 Å². The first kappa shape index (κ1) is 18.7. The Balaban J connectivity index is 1.86. The standard InChI is InChI=1S/C17H26N2O4S/c1-3-13-24(21,22)19-11-9-14(10-12-19)17(20)18-15-5-7-16(8-6-15)23-4-2/h5-8,14H,3-4,9-13H2,1-2H3,(H,18,20). The minimum Gasteiger partial charge on any atom is -0.494 e. The second kappa shape index (κ2) is 8.48. The van der Waals surface area contributed by atoms with Gasteiger partial charge in [0.25, 0.3) is 0 Å². The molecule has 0 radical (unpaired) electrons. The van der Waals surface area contributed by atoms with Gasteiger partial charge in [-0.3, -0.25) is 4.79 Å². The van der Waals surface area contributed by atoms with Gasteiger partial charge in [-0.1, -0.05) is 6.92 Å². The van der Waals surface area contributed by atoms with Gasteiger partial charge < -0.3 is 10.1 Å². The Bertz CT molecular complexity index is 635. The Morgan fingerprint density at radius 1 is 1.21 bits per heavy atom. The Morgan fingerprint density at radius 3 is 2.38 bits per heavy atom. The summed E-state index contributed by atoms with van der Waals surface area (Å²) in [7, 11) is -3.16. The molecule has 1 heterocycles. The minimum absolute atomic E-state index is 0.0494. The third-order valence-electron chi connectivity index (χ3n) is 4.11. The van der Waals surface area contributed by atoms with Gasteiger partial charge in [0.1, 0.15) is 5.75 Å². The fraction of sp³-hybridized carbons (Fsp3) is 0.588. The number of carbonyl (C=O) groups is 1. The molecule has 0 aromatic heterocycles. The molecule has 0 atom stereocenters. The predicted molar refractivity (Wildman–Crippen MR) is 94.6 cm³/mol. The summed E-state index contributed by atoms with van der Waals surface area (Å²) in [5, 5.41) is 2.90. The number of rotatable bonds is 7. The molecule has 1 saturated heterocycles. The number of benzene rings is 1. The molecule has 0 unspecified atom stereocenters. The molecule has 1 aliphatic heterocycles. The quantitative estimate of drug-likeness (QED) is 0.816. The molecule has 1 aromatic rings. The van der Waals surface area contributed by atoms with Gasteiger partial charge in [0.15, 0.2) is 0 Å². The van der Waals surface area contributed by atoms with E-state index in [9.17, 15) is 13.2 Å². The Labute approximate surface area is 144 Å². The molecule has 7 heteroatoms. The van der Waals surface area contributed by atoms with Crippen LogP contribution in [0.4, 0.5) is 5.69 Å². The van der Waals surface area contributed by atoms with Crippen molar-refractivity contribution in [2.75, 3.05) is 30.8 Å². The van der Waals surface area contributed by atoms with Crippen LogP contribution in [0.25, 0.3) is 0 Å². The van der Waals surface area contributed by atoms with Crippen LogP contribution < -0.4 is 10.1 Å². The van der Waals surface area contributed by atoms with E-state index >= 15 is 0 Å². The number of hydrogen-bond acceptors (Lipinski definition) is 4. The van der Waals surface area contributed by atoms with Crippen LogP contribution in [-0.4, -0.2) is 44.1 Å². The zero-order valence-electron chi connectivity index (χ0n) is 14.3. The summed E-state index contributed by atoms with van der Waals surface area (Å²) in [6.45, 7) is 5.22. The van der Waals surface area contributed by atoms with Gasteiger partial charge in [-0.15, -0.1) is 0 Å². The summed E-state index contributed by atoms with van der Waals surface area (Å²) in [5.41, 5.74) is 0.726. The van der Waals surface area contributed by atoms with E-state index < -0.39 is 10.0 Å². The number of anilines is 1. The largest absolute Gasteiger partial charge is 0.494 e. The van der Waals surface area contributed by atoms with Crippen LogP contribution in [0.15, 0.2) is 24.3 Å². The van der Waals surface area contributed by atoms with E-state index in [1.54, 1.807) is 0 Å². The van der Waals surface area contributed by atoms with Gasteiger partial charge >= 0.3 is 0 Å². The summed E-state index contributed by atoms with van der Waals surface area (Å²) in [4.78, 5) is 12.3. The number of carbonyl (C=O) groups excluding carboxylic acids is 1. The molecule has 0 saturated carbocycles. The maximum atomic E-state index is 12.3. The molecule has 1 aromatic carbocycles. The highest BCUT2D eigenvalue weighted by atomic mass is 32.2. The molecule has 6 nitrogen and oxygen atoms in total. The van der Waals surface area contributed by atoms with Crippen molar-refractivity contribution in [3.63, 3.8) is 0 Å². The summed E-state index contributed by atoms with van der Waals surface area (Å²) < 4.78 is 31.0. The van der Waals surface area contributed by atoms with Crippen LogP contribution in [0.3, 0.4) is 0 Å². The van der Waals surface area contributed by atoms with Crippen LogP contribution in [0.5, 0.6) is 5.75 Å². The molecule has 1 fully saturated rings. The van der Waals surface area contributed by atoms with E-state index in [4.69, 9.17) is 4.74 Å². The van der Waals surface area contributed by atoms with Crippen molar-refractivity contribution in [3.8, 4) is 5.75 Å². The van der Waals surface area contributed by atoms with Crippen LogP contribution >= 0.6 is 0 Å². The first-order chi connectivity index (χ1) is 11.5. The van der Waals surface area contributed by atoms with Crippen molar-refractivity contribution in [2.45, 2.75) is 33.1 Å². The number of nitrogens with zero attached hydrogens (tertiary/aromatic N) is 1. The SMILES string of the molecule is CCCS(=O)(=O)N1CCC(C(=O)Nc2ccc(OCC)cc2)CC1. The van der Waals surface area contributed by atoms with E-state index in [-0.39, 0.29) is 17.6 Å². The van der Waals surface area contributed by atoms with Crippen molar-refractivity contribution < 1.29 is 17.9 Å². The molecule has 1 N–H and O–H groups in total. The van der Waals surface area contributed by atoms with Gasteiger partial charge in [-0.25, -0.2) is 12.7 Å². The average molecular weight is 354 g/mol. The lowest BCUT2D eigenvalue weighted by Gasteiger charge is -2.30. The molecular formula is C17H26N2O4S. The minimum atomic E-state index is -3.16. The Morgan fingerprint density at radius 2 is 1.83 bits per heavy atom. The van der Waals surface area contributed by atoms with E-state index in [0.717, 1.165) is 11.4 Å². The average Bonchev–Trinajstić information content (AvgIpc) is 2.57. The van der Waals surface area contributed by atoms with E-state index in [2.05, 4.69) is 5.32 Å². The summed E-state index contributed by atoms with van der Waals surface area (Å²) in [6.07, 6.45) is 1.73. The van der Waals surface area contributed by atoms with Crippen molar-refractivity contribution in [1.29, 1.82) is 0 Å². The van der Waals surface area contributed by atoms with Crippen molar-refractivity contribution in [2.24, 2.45) is 5.92 Å². The molecule has 24 heavy (non-hydrogen) atoms. The van der Waals surface area contributed by atoms with Crippen molar-refractivity contribution >= 4 is 21.6 Å². The van der Waals surface area contributed by atoms with Crippen molar-refractivity contribution in [1.82, 2.24) is 4.31 Å². The highest BCUT2D eigenvalue weighted by Crippen LogP contribution is 2.23. The van der Waals surface area contributed by atoms with Crippen LogP contribution in [0.2, 0.25) is 0 Å². The molecule has 1 aliphatic rings. The fourth-order valence-electron chi connectivity index (χ4n) is 2.83. The first-order valence-electron chi connectivity index (χ1n) is 8.47. The lowest BCUT2D eigenvalue weighted by Crippen LogP contribution is -2.42. The molecule has 0 spiro atoms. The van der Waals surface area contributed by atoms with Crippen molar-refractivity contribution in [3.05, 3.63) is 24.3 Å². The monoisotopic (exact) mass is 354 g/mol. The number of piperidine rings is 1. The Kier molecular flexibility index (Phi) is 6.62. The number of ether oxygens (including phenoxy) is 1. The molecular weight excluding hydrogens is 328 g/mol. The van der Waals surface area contributed by atoms with Gasteiger partial charge in [0.05, 0.1) is 12.4 Å². The maximum Gasteiger partial charge on any atom is 0.227 e. The zero-order valence-corrected chi connectivity index (χ0v) is 15.1. The number of hydrogen-bond donors (Lipinski definition) is 1. The summed E-state index contributed by atoms with van der Waals surface area (Å²) >= 11 is 0. The first-order valence-corrected chi connectivity index (χ1v) is 10.1. The third-order valence-corrected chi connectivity index (χ3v) is 6.19. The second-order valence-electron chi connectivity index (χ2n) is 5.94. The smallest absolute Gasteiger partial charge is 0.227 e. The van der Waals surface area contributed by atoms with Gasteiger partial charge in [-0.2, -0.15) is 0 Å². The molecule has 0 bridgehead atoms. The summed E-state index contributed by atoms with van der Waals surface area (Å²) in [6, 6.07) is 7.26. The van der Waals surface area contributed by atoms with Crippen LogP contribution in [0.1, 0.15) is 33.1 Å². The zero-order chi connectivity index (χ0) is 17.6. The third kappa shape index (κ3) is 4.95. The lowest BCUT2D eigenvalue weighted by atomic mass is 9.97. The van der Waals surface area contributed by atoms with Gasteiger partial charge in [0, 0.05) is 24.7 Å². The van der Waals surface area contributed by atoms with Gasteiger partial charge in [0.2, 0.25) is 15.9 Å². The van der Waals surface area contributed by atoms with Crippen LogP contribution in [0, 0.1) is 5.92 Å². The number of sulfonamides is 1. The highest BCUT2D eigenvalue weighted by Gasteiger charge is 2.30. The van der Waals surface area contributed by atoms with E-state index in [1.165, 1.54) is 4.31 Å². The normalized spacial score (nSPS) is 16.8. The summed E-state index contributed by atoms with van der Waals surface area (Å²) in [5.74, 6) is 0.747. The molecule has 1 amide bonds. The topological polar surface area (TPSA) is 75.7 Å². The number of amides is 1. The number of nitrogens with one attached hydrogen (secondary N) is 1. The van der Waals surface area contributed by atoms with E-state index in [1.807, 2.05) is 38.1 Å². The predicted octanol–water partition coefficient (Wildman–Crippen LogP) is 2.48. The lowest BCUT2D eigenvalue weighted by molar-refractivity contribution is -0.120. The maximum absolute atomic E-state index is 12.3. The second-order valence-corrected chi connectivity index (χ2v) is 8.02. The fourth-order valence-corrected chi connectivity index (χ4v) is 4.37.